The Morgan fingerprint density at radius 1 is 1.03 bits per heavy atom. The molecule has 0 saturated carbocycles. The molecule has 2 heterocycles. The second-order valence-corrected chi connectivity index (χ2v) is 11.3. The van der Waals surface area contributed by atoms with E-state index in [0.717, 1.165) is 17.8 Å². The highest BCUT2D eigenvalue weighted by Crippen LogP contribution is 2.40. The Hall–Kier alpha value is -3.21. The van der Waals surface area contributed by atoms with Gasteiger partial charge in [-0.05, 0) is 68.7 Å². The standard InChI is InChI=1S/C23H23F3N4O3S/c1-22(2,34(32,33)20-5-3-4-17(12-20)23(24,25)26)16-10-11-29(21(31)13-16)18-6-8-19(9-7-18)30-15-27-14-28-30/h3-9,12,14-16H,10-11,13H2,1-2H3/t16-/m1/s1. The Bertz CT molecular complexity index is 1290. The molecule has 1 aliphatic rings. The third kappa shape index (κ3) is 4.31. The molecule has 34 heavy (non-hydrogen) atoms. The number of rotatable bonds is 5. The van der Waals surface area contributed by atoms with Gasteiger partial charge in [-0.1, -0.05) is 6.07 Å². The van der Waals surface area contributed by atoms with Gasteiger partial charge in [-0.15, -0.1) is 0 Å². The van der Waals surface area contributed by atoms with Gasteiger partial charge in [-0.3, -0.25) is 4.79 Å². The van der Waals surface area contributed by atoms with Crippen molar-refractivity contribution in [2.75, 3.05) is 11.4 Å². The molecular weight excluding hydrogens is 469 g/mol. The lowest BCUT2D eigenvalue weighted by molar-refractivity contribution is -0.137. The molecule has 0 unspecified atom stereocenters. The van der Waals surface area contributed by atoms with Crippen LogP contribution >= 0.6 is 0 Å². The molecule has 0 bridgehead atoms. The molecule has 1 saturated heterocycles. The number of sulfone groups is 1. The molecule has 3 aromatic rings. The van der Waals surface area contributed by atoms with Crippen LogP contribution in [0, 0.1) is 5.92 Å². The predicted octanol–water partition coefficient (Wildman–Crippen LogP) is 4.28. The molecule has 1 aromatic heterocycles. The molecule has 4 rings (SSSR count). The summed E-state index contributed by atoms with van der Waals surface area (Å²) in [4.78, 5) is 18.1. The zero-order valence-electron chi connectivity index (χ0n) is 18.5. The zero-order valence-corrected chi connectivity index (χ0v) is 19.3. The van der Waals surface area contributed by atoms with Crippen LogP contribution in [-0.2, 0) is 20.8 Å². The van der Waals surface area contributed by atoms with Gasteiger partial charge in [0.1, 0.15) is 12.7 Å². The fourth-order valence-corrected chi connectivity index (χ4v) is 5.98. The first-order valence-electron chi connectivity index (χ1n) is 10.6. The number of hydrogen-bond acceptors (Lipinski definition) is 5. The van der Waals surface area contributed by atoms with E-state index in [1.54, 1.807) is 40.2 Å². The number of benzene rings is 2. The minimum atomic E-state index is -4.65. The summed E-state index contributed by atoms with van der Waals surface area (Å²) < 4.78 is 66.2. The maximum absolute atomic E-state index is 13.3. The topological polar surface area (TPSA) is 85.2 Å². The highest BCUT2D eigenvalue weighted by molar-refractivity contribution is 7.92. The van der Waals surface area contributed by atoms with E-state index in [2.05, 4.69) is 10.1 Å². The third-order valence-corrected chi connectivity index (χ3v) is 9.01. The van der Waals surface area contributed by atoms with E-state index in [0.29, 0.717) is 24.7 Å². The molecule has 1 fully saturated rings. The number of halogens is 3. The van der Waals surface area contributed by atoms with E-state index in [9.17, 15) is 26.4 Å². The Kier molecular flexibility index (Phi) is 6.01. The summed E-state index contributed by atoms with van der Waals surface area (Å²) in [5.41, 5.74) is 0.423. The van der Waals surface area contributed by atoms with Gasteiger partial charge in [0, 0.05) is 18.7 Å². The van der Waals surface area contributed by atoms with Crippen LogP contribution < -0.4 is 4.90 Å². The Balaban J connectivity index is 1.52. The van der Waals surface area contributed by atoms with Gasteiger partial charge in [-0.25, -0.2) is 18.1 Å². The number of nitrogens with zero attached hydrogens (tertiary/aromatic N) is 4. The van der Waals surface area contributed by atoms with E-state index in [4.69, 9.17) is 0 Å². The minimum absolute atomic E-state index is 0.0317. The van der Waals surface area contributed by atoms with Crippen molar-refractivity contribution in [2.45, 2.75) is 42.5 Å². The molecule has 1 aliphatic heterocycles. The lowest BCUT2D eigenvalue weighted by Crippen LogP contribution is -2.48. The van der Waals surface area contributed by atoms with Gasteiger partial charge in [0.05, 0.1) is 20.9 Å². The monoisotopic (exact) mass is 492 g/mol. The van der Waals surface area contributed by atoms with Gasteiger partial charge < -0.3 is 4.90 Å². The van der Waals surface area contributed by atoms with Crippen LogP contribution in [-0.4, -0.2) is 40.4 Å². The summed E-state index contributed by atoms with van der Waals surface area (Å²) in [7, 11) is -4.14. The zero-order chi connectivity index (χ0) is 24.7. The summed E-state index contributed by atoms with van der Waals surface area (Å²) in [5, 5.41) is 4.05. The average Bonchev–Trinajstić information content (AvgIpc) is 3.33. The van der Waals surface area contributed by atoms with Crippen LogP contribution in [0.15, 0.2) is 66.1 Å². The second kappa shape index (κ2) is 8.53. The summed E-state index contributed by atoms with van der Waals surface area (Å²) in [6.07, 6.45) is -1.33. The summed E-state index contributed by atoms with van der Waals surface area (Å²) in [6, 6.07) is 10.9. The van der Waals surface area contributed by atoms with Crippen molar-refractivity contribution in [1.29, 1.82) is 0 Å². The van der Waals surface area contributed by atoms with E-state index in [-0.39, 0.29) is 12.3 Å². The van der Waals surface area contributed by atoms with Crippen molar-refractivity contribution in [3.63, 3.8) is 0 Å². The van der Waals surface area contributed by atoms with Gasteiger partial charge in [0.2, 0.25) is 5.91 Å². The highest BCUT2D eigenvalue weighted by atomic mass is 32.2. The Morgan fingerprint density at radius 2 is 1.71 bits per heavy atom. The summed E-state index contributed by atoms with van der Waals surface area (Å²) in [6.45, 7) is 3.25. The molecule has 0 radical (unpaired) electrons. The summed E-state index contributed by atoms with van der Waals surface area (Å²) in [5.74, 6) is -0.790. The molecule has 11 heteroatoms. The maximum atomic E-state index is 13.3. The largest absolute Gasteiger partial charge is 0.416 e. The number of carbonyl (C=O) groups excluding carboxylic acids is 1. The fourth-order valence-electron chi connectivity index (χ4n) is 4.19. The SMILES string of the molecule is CC(C)([C@@H]1CCN(c2ccc(-n3cncn3)cc2)C(=O)C1)S(=O)(=O)c1cccc(C(F)(F)F)c1. The van der Waals surface area contributed by atoms with Crippen LogP contribution in [0.4, 0.5) is 18.9 Å². The second-order valence-electron chi connectivity index (χ2n) is 8.72. The lowest BCUT2D eigenvalue weighted by Gasteiger charge is -2.39. The Morgan fingerprint density at radius 3 is 2.29 bits per heavy atom. The third-order valence-electron chi connectivity index (χ3n) is 6.42. The number of carbonyl (C=O) groups is 1. The van der Waals surface area contributed by atoms with Crippen molar-refractivity contribution in [1.82, 2.24) is 14.8 Å². The molecule has 0 N–H and O–H groups in total. The Labute approximate surface area is 195 Å². The van der Waals surface area contributed by atoms with Crippen molar-refractivity contribution < 1.29 is 26.4 Å². The minimum Gasteiger partial charge on any atom is -0.312 e. The molecule has 2 aromatic carbocycles. The smallest absolute Gasteiger partial charge is 0.312 e. The van der Waals surface area contributed by atoms with E-state index in [1.807, 2.05) is 0 Å². The van der Waals surface area contributed by atoms with E-state index >= 15 is 0 Å². The van der Waals surface area contributed by atoms with Gasteiger partial charge in [0.25, 0.3) is 0 Å². The number of aromatic nitrogens is 3. The maximum Gasteiger partial charge on any atom is 0.416 e. The summed E-state index contributed by atoms with van der Waals surface area (Å²) >= 11 is 0. The van der Waals surface area contributed by atoms with Gasteiger partial charge in [0.15, 0.2) is 9.84 Å². The number of amides is 1. The van der Waals surface area contributed by atoms with Crippen molar-refractivity contribution in [3.8, 4) is 5.69 Å². The quantitative estimate of drug-likeness (QED) is 0.531. The first-order valence-corrected chi connectivity index (χ1v) is 12.1. The van der Waals surface area contributed by atoms with Gasteiger partial charge >= 0.3 is 6.18 Å². The number of alkyl halides is 3. The lowest BCUT2D eigenvalue weighted by atomic mass is 9.85. The van der Waals surface area contributed by atoms with Crippen LogP contribution in [0.25, 0.3) is 5.69 Å². The molecule has 0 spiro atoms. The van der Waals surface area contributed by atoms with Crippen LogP contribution in [0.1, 0.15) is 32.3 Å². The van der Waals surface area contributed by atoms with Crippen LogP contribution in [0.3, 0.4) is 0 Å². The van der Waals surface area contributed by atoms with Crippen molar-refractivity contribution in [3.05, 3.63) is 66.7 Å². The number of hydrogen-bond donors (Lipinski definition) is 0. The molecular formula is C23H23F3N4O3S. The van der Waals surface area contributed by atoms with E-state index < -0.39 is 37.1 Å². The highest BCUT2D eigenvalue weighted by Gasteiger charge is 2.46. The van der Waals surface area contributed by atoms with E-state index in [1.165, 1.54) is 26.2 Å². The van der Waals surface area contributed by atoms with Crippen molar-refractivity contribution in [2.24, 2.45) is 5.92 Å². The van der Waals surface area contributed by atoms with Crippen molar-refractivity contribution >= 4 is 21.4 Å². The molecule has 1 amide bonds. The molecule has 7 nitrogen and oxygen atoms in total. The first kappa shape index (κ1) is 23.9. The fraction of sp³-hybridized carbons (Fsp3) is 0.348. The van der Waals surface area contributed by atoms with Crippen LogP contribution in [0.5, 0.6) is 0 Å². The molecule has 0 aliphatic carbocycles. The molecule has 180 valence electrons. The van der Waals surface area contributed by atoms with Gasteiger partial charge in [-0.2, -0.15) is 18.3 Å². The average molecular weight is 493 g/mol. The van der Waals surface area contributed by atoms with Crippen LogP contribution in [0.2, 0.25) is 0 Å². The number of piperidine rings is 1. The first-order chi connectivity index (χ1) is 15.9. The number of anilines is 1. The predicted molar refractivity (Wildman–Crippen MR) is 119 cm³/mol. The normalized spacial score (nSPS) is 17.7. The molecule has 1 atom stereocenters.